The van der Waals surface area contributed by atoms with Crippen LogP contribution in [0.1, 0.15) is 63.7 Å². The highest BCUT2D eigenvalue weighted by Gasteiger charge is 2.30. The molecule has 6 heteroatoms. The minimum absolute atomic E-state index is 0.0552. The molecule has 0 spiro atoms. The van der Waals surface area contributed by atoms with Crippen LogP contribution < -0.4 is 10.6 Å². The van der Waals surface area contributed by atoms with Crippen molar-refractivity contribution in [3.8, 4) is 0 Å². The fourth-order valence-corrected chi connectivity index (χ4v) is 3.38. The summed E-state index contributed by atoms with van der Waals surface area (Å²) in [6.07, 6.45) is 5.38. The van der Waals surface area contributed by atoms with Crippen LogP contribution in [0.2, 0.25) is 0 Å². The molecule has 2 atom stereocenters. The van der Waals surface area contributed by atoms with E-state index < -0.39 is 0 Å². The van der Waals surface area contributed by atoms with Crippen molar-refractivity contribution in [1.82, 2.24) is 15.2 Å². The number of aromatic nitrogens is 1. The van der Waals surface area contributed by atoms with E-state index in [9.17, 15) is 9.59 Å². The zero-order chi connectivity index (χ0) is 19.1. The van der Waals surface area contributed by atoms with Gasteiger partial charge in [0, 0.05) is 31.4 Å². The summed E-state index contributed by atoms with van der Waals surface area (Å²) >= 11 is 0. The molecule has 1 aromatic rings. The number of carbonyl (C=O) groups is 2. The molecule has 2 rings (SSSR count). The SMILES string of the molecule is CCCC(C)NC(=O)C1CCCN(C(=O)c2cccnc2NC(C)C)C1. The highest BCUT2D eigenvalue weighted by atomic mass is 16.2. The van der Waals surface area contributed by atoms with E-state index in [2.05, 4.69) is 22.5 Å². The molecule has 144 valence electrons. The second-order valence-corrected chi connectivity index (χ2v) is 7.49. The molecule has 1 aliphatic heterocycles. The van der Waals surface area contributed by atoms with Gasteiger partial charge in [0.05, 0.1) is 11.5 Å². The first-order chi connectivity index (χ1) is 12.4. The predicted octanol–water partition coefficient (Wildman–Crippen LogP) is 3.06. The summed E-state index contributed by atoms with van der Waals surface area (Å²) in [5.41, 5.74) is 0.571. The zero-order valence-corrected chi connectivity index (χ0v) is 16.4. The topological polar surface area (TPSA) is 74.3 Å². The van der Waals surface area contributed by atoms with Crippen LogP contribution in [0.5, 0.6) is 0 Å². The van der Waals surface area contributed by atoms with E-state index in [0.29, 0.717) is 24.5 Å². The van der Waals surface area contributed by atoms with Gasteiger partial charge in [-0.2, -0.15) is 0 Å². The Morgan fingerprint density at radius 3 is 2.81 bits per heavy atom. The van der Waals surface area contributed by atoms with Crippen LogP contribution in [-0.4, -0.2) is 46.9 Å². The first-order valence-corrected chi connectivity index (χ1v) is 9.73. The Labute approximate surface area is 156 Å². The summed E-state index contributed by atoms with van der Waals surface area (Å²) < 4.78 is 0. The molecule has 0 bridgehead atoms. The maximum Gasteiger partial charge on any atom is 0.257 e. The van der Waals surface area contributed by atoms with Crippen molar-refractivity contribution >= 4 is 17.6 Å². The van der Waals surface area contributed by atoms with Crippen LogP contribution in [-0.2, 0) is 4.79 Å². The van der Waals surface area contributed by atoms with Gasteiger partial charge in [0.2, 0.25) is 5.91 Å². The molecule has 0 saturated carbocycles. The van der Waals surface area contributed by atoms with Crippen molar-refractivity contribution in [3.63, 3.8) is 0 Å². The number of anilines is 1. The van der Waals surface area contributed by atoms with Gasteiger partial charge in [0.1, 0.15) is 5.82 Å². The number of nitrogens with zero attached hydrogens (tertiary/aromatic N) is 2. The van der Waals surface area contributed by atoms with Crippen LogP contribution in [0.15, 0.2) is 18.3 Å². The summed E-state index contributed by atoms with van der Waals surface area (Å²) in [5.74, 6) is 0.483. The molecule has 1 saturated heterocycles. The number of carbonyl (C=O) groups excluding carboxylic acids is 2. The second kappa shape index (κ2) is 9.55. The van der Waals surface area contributed by atoms with Gasteiger partial charge in [-0.15, -0.1) is 0 Å². The normalized spacial score (nSPS) is 18.5. The van der Waals surface area contributed by atoms with Crippen molar-refractivity contribution < 1.29 is 9.59 Å². The Kier molecular flexibility index (Phi) is 7.42. The molecule has 0 radical (unpaired) electrons. The quantitative estimate of drug-likeness (QED) is 0.784. The number of piperidine rings is 1. The number of rotatable bonds is 7. The van der Waals surface area contributed by atoms with Crippen LogP contribution in [0.25, 0.3) is 0 Å². The number of hydrogen-bond acceptors (Lipinski definition) is 4. The maximum atomic E-state index is 13.0. The van der Waals surface area contributed by atoms with E-state index in [1.807, 2.05) is 20.8 Å². The summed E-state index contributed by atoms with van der Waals surface area (Å²) in [7, 11) is 0. The molecule has 2 unspecified atom stereocenters. The van der Waals surface area contributed by atoms with Crippen molar-refractivity contribution in [1.29, 1.82) is 0 Å². The van der Waals surface area contributed by atoms with Crippen molar-refractivity contribution in [3.05, 3.63) is 23.9 Å². The predicted molar refractivity (Wildman–Crippen MR) is 104 cm³/mol. The van der Waals surface area contributed by atoms with Gasteiger partial charge in [-0.3, -0.25) is 9.59 Å². The van der Waals surface area contributed by atoms with Crippen molar-refractivity contribution in [2.75, 3.05) is 18.4 Å². The fraction of sp³-hybridized carbons (Fsp3) is 0.650. The number of hydrogen-bond donors (Lipinski definition) is 2. The monoisotopic (exact) mass is 360 g/mol. The van der Waals surface area contributed by atoms with Gasteiger partial charge in [0.15, 0.2) is 0 Å². The van der Waals surface area contributed by atoms with Crippen LogP contribution >= 0.6 is 0 Å². The van der Waals surface area contributed by atoms with Gasteiger partial charge in [-0.1, -0.05) is 13.3 Å². The summed E-state index contributed by atoms with van der Waals surface area (Å²) in [6.45, 7) is 9.33. The van der Waals surface area contributed by atoms with Gasteiger partial charge in [-0.25, -0.2) is 4.98 Å². The standard InChI is InChI=1S/C20H32N4O2/c1-5-8-15(4)23-19(25)16-9-7-12-24(13-16)20(26)17-10-6-11-21-18(17)22-14(2)3/h6,10-11,14-16H,5,7-9,12-13H2,1-4H3,(H,21,22)(H,23,25). The van der Waals surface area contributed by atoms with Crippen molar-refractivity contribution in [2.45, 2.75) is 65.5 Å². The van der Waals surface area contributed by atoms with E-state index in [1.54, 1.807) is 23.2 Å². The molecule has 26 heavy (non-hydrogen) atoms. The molecule has 1 aliphatic rings. The fourth-order valence-electron chi connectivity index (χ4n) is 3.38. The Morgan fingerprint density at radius 1 is 1.35 bits per heavy atom. The third kappa shape index (κ3) is 5.44. The third-order valence-corrected chi connectivity index (χ3v) is 4.65. The average Bonchev–Trinajstić information content (AvgIpc) is 2.61. The van der Waals surface area contributed by atoms with Crippen LogP contribution in [0.4, 0.5) is 5.82 Å². The number of nitrogens with one attached hydrogen (secondary N) is 2. The van der Waals surface area contributed by atoms with E-state index >= 15 is 0 Å². The molecule has 0 aliphatic carbocycles. The minimum atomic E-state index is -0.134. The molecule has 2 amide bonds. The third-order valence-electron chi connectivity index (χ3n) is 4.65. The molecule has 1 fully saturated rings. The lowest BCUT2D eigenvalue weighted by atomic mass is 9.96. The van der Waals surface area contributed by atoms with Gasteiger partial charge in [0.25, 0.3) is 5.91 Å². The Morgan fingerprint density at radius 2 is 2.12 bits per heavy atom. The lowest BCUT2D eigenvalue weighted by Gasteiger charge is -2.33. The van der Waals surface area contributed by atoms with E-state index in [1.165, 1.54) is 0 Å². The first kappa shape index (κ1) is 20.2. The molecule has 2 heterocycles. The van der Waals surface area contributed by atoms with Gasteiger partial charge >= 0.3 is 0 Å². The largest absolute Gasteiger partial charge is 0.367 e. The molecule has 0 aromatic carbocycles. The lowest BCUT2D eigenvalue weighted by Crippen LogP contribution is -2.47. The molecule has 2 N–H and O–H groups in total. The Balaban J connectivity index is 2.05. The first-order valence-electron chi connectivity index (χ1n) is 9.73. The smallest absolute Gasteiger partial charge is 0.257 e. The highest BCUT2D eigenvalue weighted by molar-refractivity contribution is 5.99. The highest BCUT2D eigenvalue weighted by Crippen LogP contribution is 2.22. The van der Waals surface area contributed by atoms with Crippen molar-refractivity contribution in [2.24, 2.45) is 5.92 Å². The molecule has 1 aromatic heterocycles. The van der Waals surface area contributed by atoms with E-state index in [0.717, 1.165) is 25.7 Å². The second-order valence-electron chi connectivity index (χ2n) is 7.49. The number of pyridine rings is 1. The number of amides is 2. The molecule has 6 nitrogen and oxygen atoms in total. The molecular weight excluding hydrogens is 328 g/mol. The maximum absolute atomic E-state index is 13.0. The van der Waals surface area contributed by atoms with Gasteiger partial charge < -0.3 is 15.5 Å². The number of likely N-dealkylation sites (tertiary alicyclic amines) is 1. The average molecular weight is 361 g/mol. The summed E-state index contributed by atoms with van der Waals surface area (Å²) in [4.78, 5) is 31.6. The summed E-state index contributed by atoms with van der Waals surface area (Å²) in [5, 5.41) is 6.32. The van der Waals surface area contributed by atoms with E-state index in [4.69, 9.17) is 0 Å². The molecular formula is C20H32N4O2. The Bertz CT molecular complexity index is 618. The Hall–Kier alpha value is -2.11. The lowest BCUT2D eigenvalue weighted by molar-refractivity contribution is -0.127. The summed E-state index contributed by atoms with van der Waals surface area (Å²) in [6, 6.07) is 3.95. The van der Waals surface area contributed by atoms with Gasteiger partial charge in [-0.05, 0) is 52.2 Å². The zero-order valence-electron chi connectivity index (χ0n) is 16.4. The van der Waals surface area contributed by atoms with Crippen LogP contribution in [0, 0.1) is 5.92 Å². The van der Waals surface area contributed by atoms with E-state index in [-0.39, 0.29) is 29.8 Å². The minimum Gasteiger partial charge on any atom is -0.367 e. The van der Waals surface area contributed by atoms with Crippen LogP contribution in [0.3, 0.4) is 0 Å².